The van der Waals surface area contributed by atoms with Crippen molar-refractivity contribution >= 4 is 22.5 Å². The number of thioether (sulfide) groups is 1. The molecule has 2 aromatic carbocycles. The van der Waals surface area contributed by atoms with Crippen molar-refractivity contribution in [3.8, 4) is 0 Å². The number of hydrogen-bond donors (Lipinski definition) is 0. The monoisotopic (exact) mass is 229 g/mol. The molecule has 0 fully saturated rings. The quantitative estimate of drug-likeness (QED) is 0.518. The third-order valence-corrected chi connectivity index (χ3v) is 3.68. The maximum atomic E-state index is 3.47. The maximum Gasteiger partial charge on any atom is 0.0158 e. The predicted molar refractivity (Wildman–Crippen MR) is 73.0 cm³/mol. The van der Waals surface area contributed by atoms with Crippen molar-refractivity contribution in [3.63, 3.8) is 0 Å². The van der Waals surface area contributed by atoms with Gasteiger partial charge < -0.3 is 0 Å². The number of unbranched alkanes of at least 4 members (excludes halogenated alkanes) is 2. The van der Waals surface area contributed by atoms with E-state index >= 15 is 0 Å². The minimum atomic E-state index is 1.21. The van der Waals surface area contributed by atoms with Crippen LogP contribution < -0.4 is 0 Å². The lowest BCUT2D eigenvalue weighted by molar-refractivity contribution is 0.778. The van der Waals surface area contributed by atoms with Crippen LogP contribution in [0, 0.1) is 6.07 Å². The van der Waals surface area contributed by atoms with Crippen LogP contribution in [0.4, 0.5) is 0 Å². The fraction of sp³-hybridized carbons (Fsp3) is 0.333. The minimum Gasteiger partial charge on any atom is -0.125 e. The van der Waals surface area contributed by atoms with Gasteiger partial charge in [-0.25, -0.2) is 0 Å². The highest BCUT2D eigenvalue weighted by Gasteiger charge is 1.97. The van der Waals surface area contributed by atoms with E-state index in [0.717, 1.165) is 0 Å². The number of rotatable bonds is 5. The molecule has 0 atom stereocenters. The lowest BCUT2D eigenvalue weighted by Crippen LogP contribution is -1.81. The Hall–Kier alpha value is -0.950. The molecule has 83 valence electrons. The van der Waals surface area contributed by atoms with Crippen molar-refractivity contribution in [1.82, 2.24) is 0 Å². The summed E-state index contributed by atoms with van der Waals surface area (Å²) >= 11 is 1.92. The predicted octanol–water partition coefficient (Wildman–Crippen LogP) is 4.92. The van der Waals surface area contributed by atoms with Crippen molar-refractivity contribution < 1.29 is 0 Å². The van der Waals surface area contributed by atoms with Crippen LogP contribution in [0.15, 0.2) is 41.3 Å². The molecule has 0 N–H and O–H groups in total. The van der Waals surface area contributed by atoms with Gasteiger partial charge in [0.15, 0.2) is 0 Å². The Balaban J connectivity index is 2.02. The van der Waals surface area contributed by atoms with E-state index < -0.39 is 0 Å². The largest absolute Gasteiger partial charge is 0.125 e. The summed E-state index contributed by atoms with van der Waals surface area (Å²) < 4.78 is 0. The Kier molecular flexibility index (Phi) is 4.29. The second-order valence-electron chi connectivity index (χ2n) is 3.97. The molecule has 0 aliphatic rings. The van der Waals surface area contributed by atoms with E-state index in [1.165, 1.54) is 40.7 Å². The second kappa shape index (κ2) is 5.95. The summed E-state index contributed by atoms with van der Waals surface area (Å²) in [7, 11) is 0. The van der Waals surface area contributed by atoms with Crippen molar-refractivity contribution in [1.29, 1.82) is 0 Å². The molecule has 16 heavy (non-hydrogen) atoms. The Morgan fingerprint density at radius 3 is 2.81 bits per heavy atom. The molecular weight excluding hydrogens is 212 g/mol. The molecular formula is C15H17S. The summed E-state index contributed by atoms with van der Waals surface area (Å²) in [6.07, 6.45) is 3.93. The van der Waals surface area contributed by atoms with Crippen LogP contribution in [0.1, 0.15) is 26.2 Å². The first kappa shape index (κ1) is 11.5. The van der Waals surface area contributed by atoms with Gasteiger partial charge in [-0.3, -0.25) is 0 Å². The lowest BCUT2D eigenvalue weighted by Gasteiger charge is -2.02. The van der Waals surface area contributed by atoms with Gasteiger partial charge in [-0.2, -0.15) is 0 Å². The molecule has 0 amide bonds. The van der Waals surface area contributed by atoms with Crippen molar-refractivity contribution in [3.05, 3.63) is 42.5 Å². The van der Waals surface area contributed by atoms with Gasteiger partial charge in [0.05, 0.1) is 0 Å². The van der Waals surface area contributed by atoms with Gasteiger partial charge in [-0.1, -0.05) is 50.1 Å². The van der Waals surface area contributed by atoms with Gasteiger partial charge >= 0.3 is 0 Å². The fourth-order valence-electron chi connectivity index (χ4n) is 1.71. The van der Waals surface area contributed by atoms with Gasteiger partial charge in [0.1, 0.15) is 0 Å². The molecule has 0 aromatic heterocycles. The lowest BCUT2D eigenvalue weighted by atomic mass is 10.1. The Morgan fingerprint density at radius 2 is 1.94 bits per heavy atom. The zero-order valence-corrected chi connectivity index (χ0v) is 10.5. The van der Waals surface area contributed by atoms with E-state index in [1.807, 2.05) is 11.8 Å². The average molecular weight is 229 g/mol. The second-order valence-corrected chi connectivity index (χ2v) is 5.10. The summed E-state index contributed by atoms with van der Waals surface area (Å²) in [5.41, 5.74) is 0. The molecule has 0 saturated heterocycles. The Bertz CT molecular complexity index is 448. The first-order valence-electron chi connectivity index (χ1n) is 5.94. The zero-order valence-electron chi connectivity index (χ0n) is 9.70. The number of fused-ring (bicyclic) bond motifs is 1. The highest BCUT2D eigenvalue weighted by Crippen LogP contribution is 2.23. The van der Waals surface area contributed by atoms with Gasteiger partial charge in [0.2, 0.25) is 0 Å². The van der Waals surface area contributed by atoms with Gasteiger partial charge in [0, 0.05) is 11.0 Å². The molecule has 1 heteroatoms. The third-order valence-electron chi connectivity index (χ3n) is 2.64. The fourth-order valence-corrected chi connectivity index (χ4v) is 2.63. The molecule has 0 spiro atoms. The van der Waals surface area contributed by atoms with Crippen molar-refractivity contribution in [2.75, 3.05) is 5.75 Å². The van der Waals surface area contributed by atoms with E-state index in [2.05, 4.69) is 49.4 Å². The summed E-state index contributed by atoms with van der Waals surface area (Å²) in [5, 5.41) is 2.50. The van der Waals surface area contributed by atoms with Crippen molar-refractivity contribution in [2.45, 2.75) is 31.1 Å². The summed E-state index contributed by atoms with van der Waals surface area (Å²) in [6, 6.07) is 16.2. The Labute approximate surface area is 102 Å². The molecule has 0 heterocycles. The average Bonchev–Trinajstić information content (AvgIpc) is 2.34. The molecule has 0 unspecified atom stereocenters. The highest BCUT2D eigenvalue weighted by molar-refractivity contribution is 7.99. The van der Waals surface area contributed by atoms with E-state index in [1.54, 1.807) is 0 Å². The SMILES string of the molecule is CCCCCSc1[c]c2ccccc2cc1. The molecule has 0 aliphatic carbocycles. The van der Waals surface area contributed by atoms with E-state index in [0.29, 0.717) is 0 Å². The van der Waals surface area contributed by atoms with Crippen LogP contribution in [0.3, 0.4) is 0 Å². The molecule has 0 saturated carbocycles. The number of benzene rings is 2. The first-order chi connectivity index (χ1) is 7.90. The summed E-state index contributed by atoms with van der Waals surface area (Å²) in [4.78, 5) is 1.27. The van der Waals surface area contributed by atoms with E-state index in [4.69, 9.17) is 0 Å². The molecule has 0 nitrogen and oxygen atoms in total. The van der Waals surface area contributed by atoms with Crippen LogP contribution in [0.2, 0.25) is 0 Å². The Morgan fingerprint density at radius 1 is 1.06 bits per heavy atom. The highest BCUT2D eigenvalue weighted by atomic mass is 32.2. The zero-order chi connectivity index (χ0) is 11.2. The smallest absolute Gasteiger partial charge is 0.0158 e. The molecule has 2 aromatic rings. The normalized spacial score (nSPS) is 10.8. The van der Waals surface area contributed by atoms with Gasteiger partial charge in [-0.05, 0) is 29.0 Å². The first-order valence-corrected chi connectivity index (χ1v) is 6.92. The standard InChI is InChI=1S/C15H17S/c1-2-3-6-11-16-15-10-9-13-7-4-5-8-14(13)12-15/h4-5,7-10H,2-3,6,11H2,1H3. The van der Waals surface area contributed by atoms with E-state index in [9.17, 15) is 0 Å². The topological polar surface area (TPSA) is 0 Å². The van der Waals surface area contributed by atoms with Gasteiger partial charge in [-0.15, -0.1) is 11.8 Å². The van der Waals surface area contributed by atoms with Crippen LogP contribution in [0.5, 0.6) is 0 Å². The minimum absolute atomic E-state index is 1.21. The van der Waals surface area contributed by atoms with Crippen LogP contribution in [-0.4, -0.2) is 5.75 Å². The van der Waals surface area contributed by atoms with E-state index in [-0.39, 0.29) is 0 Å². The van der Waals surface area contributed by atoms with Gasteiger partial charge in [0.25, 0.3) is 0 Å². The van der Waals surface area contributed by atoms with Crippen molar-refractivity contribution in [2.24, 2.45) is 0 Å². The molecule has 1 radical (unpaired) electrons. The third kappa shape index (κ3) is 3.02. The summed E-state index contributed by atoms with van der Waals surface area (Å²) in [6.45, 7) is 2.24. The van der Waals surface area contributed by atoms with Crippen LogP contribution in [-0.2, 0) is 0 Å². The maximum absolute atomic E-state index is 3.47. The molecule has 2 rings (SSSR count). The molecule has 0 aliphatic heterocycles. The van der Waals surface area contributed by atoms with Crippen LogP contribution in [0.25, 0.3) is 10.8 Å². The number of hydrogen-bond acceptors (Lipinski definition) is 1. The van der Waals surface area contributed by atoms with Crippen LogP contribution >= 0.6 is 11.8 Å². The molecule has 0 bridgehead atoms. The summed E-state index contributed by atoms with van der Waals surface area (Å²) in [5.74, 6) is 1.21.